The second-order valence-electron chi connectivity index (χ2n) is 8.31. The SMILES string of the molecule is CCOc1ccc2c(=O)c3c(oc2c1)C(=O)N(CCN(CC)CC)C3c1ccc(OC)c(OC)c1. The molecule has 0 saturated carbocycles. The zero-order valence-corrected chi connectivity index (χ0v) is 20.9. The second kappa shape index (κ2) is 10.4. The summed E-state index contributed by atoms with van der Waals surface area (Å²) in [5.41, 5.74) is 1.22. The van der Waals surface area contributed by atoms with Crippen molar-refractivity contribution in [2.24, 2.45) is 0 Å². The maximum absolute atomic E-state index is 13.7. The monoisotopic (exact) mass is 480 g/mol. The number of ether oxygens (including phenoxy) is 3. The van der Waals surface area contributed by atoms with Crippen molar-refractivity contribution in [1.82, 2.24) is 9.80 Å². The molecule has 0 saturated heterocycles. The van der Waals surface area contributed by atoms with E-state index in [1.165, 1.54) is 0 Å². The minimum Gasteiger partial charge on any atom is -0.494 e. The van der Waals surface area contributed by atoms with Gasteiger partial charge in [-0.3, -0.25) is 9.59 Å². The Morgan fingerprint density at radius 2 is 1.71 bits per heavy atom. The zero-order chi connectivity index (χ0) is 25.1. The summed E-state index contributed by atoms with van der Waals surface area (Å²) in [6, 6.07) is 9.98. The molecule has 0 bridgehead atoms. The number of likely N-dealkylation sites (N-methyl/N-ethyl adjacent to an activating group) is 1. The first kappa shape index (κ1) is 24.6. The largest absolute Gasteiger partial charge is 0.494 e. The van der Waals surface area contributed by atoms with Crippen LogP contribution in [-0.2, 0) is 0 Å². The van der Waals surface area contributed by atoms with E-state index < -0.39 is 6.04 Å². The van der Waals surface area contributed by atoms with Gasteiger partial charge in [-0.25, -0.2) is 0 Å². The Morgan fingerprint density at radius 3 is 2.37 bits per heavy atom. The van der Waals surface area contributed by atoms with Crippen molar-refractivity contribution in [1.29, 1.82) is 0 Å². The number of benzene rings is 2. The normalized spacial score (nSPS) is 15.1. The van der Waals surface area contributed by atoms with Crippen molar-refractivity contribution < 1.29 is 23.4 Å². The molecule has 3 aromatic rings. The maximum atomic E-state index is 13.7. The number of amides is 1. The molecule has 2 aromatic carbocycles. The van der Waals surface area contributed by atoms with Gasteiger partial charge in [-0.1, -0.05) is 19.9 Å². The maximum Gasteiger partial charge on any atom is 0.290 e. The first-order chi connectivity index (χ1) is 17.0. The minimum absolute atomic E-state index is 0.0791. The first-order valence-electron chi connectivity index (χ1n) is 12.0. The van der Waals surface area contributed by atoms with Gasteiger partial charge in [0.1, 0.15) is 11.3 Å². The summed E-state index contributed by atoms with van der Waals surface area (Å²) in [6.45, 7) is 9.41. The number of hydrogen-bond donors (Lipinski definition) is 0. The number of hydrogen-bond acceptors (Lipinski definition) is 7. The first-order valence-corrected chi connectivity index (χ1v) is 12.0. The molecule has 1 amide bonds. The van der Waals surface area contributed by atoms with E-state index in [4.69, 9.17) is 18.6 Å². The van der Waals surface area contributed by atoms with E-state index in [-0.39, 0.29) is 17.1 Å². The van der Waals surface area contributed by atoms with Crippen molar-refractivity contribution in [3.05, 3.63) is 63.5 Å². The summed E-state index contributed by atoms with van der Waals surface area (Å²) in [7, 11) is 3.13. The summed E-state index contributed by atoms with van der Waals surface area (Å²) < 4.78 is 22.5. The van der Waals surface area contributed by atoms with Crippen LogP contribution in [0.1, 0.15) is 48.5 Å². The van der Waals surface area contributed by atoms with Gasteiger partial charge in [0.25, 0.3) is 5.91 Å². The number of carbonyl (C=O) groups is 1. The van der Waals surface area contributed by atoms with Crippen LogP contribution in [0.5, 0.6) is 17.2 Å². The summed E-state index contributed by atoms with van der Waals surface area (Å²) >= 11 is 0. The van der Waals surface area contributed by atoms with Gasteiger partial charge in [-0.2, -0.15) is 0 Å². The van der Waals surface area contributed by atoms with Gasteiger partial charge in [0.05, 0.1) is 37.8 Å². The molecule has 0 radical (unpaired) electrons. The molecule has 4 rings (SSSR count). The molecule has 0 aliphatic carbocycles. The molecule has 1 unspecified atom stereocenters. The van der Waals surface area contributed by atoms with Gasteiger partial charge in [0.2, 0.25) is 5.76 Å². The Morgan fingerprint density at radius 1 is 0.971 bits per heavy atom. The van der Waals surface area contributed by atoms with Crippen LogP contribution in [0.4, 0.5) is 0 Å². The van der Waals surface area contributed by atoms with Gasteiger partial charge < -0.3 is 28.4 Å². The lowest BCUT2D eigenvalue weighted by Gasteiger charge is -2.28. The number of nitrogens with zero attached hydrogens (tertiary/aromatic N) is 2. The summed E-state index contributed by atoms with van der Waals surface area (Å²) in [5.74, 6) is 1.47. The van der Waals surface area contributed by atoms with E-state index in [0.717, 1.165) is 18.7 Å². The van der Waals surface area contributed by atoms with Crippen molar-refractivity contribution in [3.8, 4) is 17.2 Å². The molecule has 1 aliphatic heterocycles. The Bertz CT molecular complexity index is 1280. The number of carbonyl (C=O) groups excluding carboxylic acids is 1. The third-order valence-electron chi connectivity index (χ3n) is 6.53. The standard InChI is InChI=1S/C27H32N2O6/c1-6-28(7-2)13-14-29-24(17-9-12-20(32-4)22(15-17)33-5)23-25(30)19-11-10-18(34-8-3)16-21(19)35-26(23)27(29)31/h9-12,15-16,24H,6-8,13-14H2,1-5H3. The zero-order valence-electron chi connectivity index (χ0n) is 20.9. The summed E-state index contributed by atoms with van der Waals surface area (Å²) in [5, 5.41) is 0.413. The van der Waals surface area contributed by atoms with Crippen molar-refractivity contribution in [3.63, 3.8) is 0 Å². The molecule has 186 valence electrons. The molecule has 1 atom stereocenters. The molecule has 1 aliphatic rings. The fourth-order valence-corrected chi connectivity index (χ4v) is 4.64. The minimum atomic E-state index is -0.597. The van der Waals surface area contributed by atoms with Crippen molar-refractivity contribution >= 4 is 16.9 Å². The molecule has 8 heteroatoms. The van der Waals surface area contributed by atoms with E-state index in [2.05, 4.69) is 18.7 Å². The fourth-order valence-electron chi connectivity index (χ4n) is 4.64. The second-order valence-corrected chi connectivity index (χ2v) is 8.31. The average molecular weight is 481 g/mol. The molecule has 0 fully saturated rings. The predicted molar refractivity (Wildman–Crippen MR) is 134 cm³/mol. The van der Waals surface area contributed by atoms with Crippen LogP contribution >= 0.6 is 0 Å². The van der Waals surface area contributed by atoms with Gasteiger partial charge in [-0.05, 0) is 49.8 Å². The van der Waals surface area contributed by atoms with Crippen molar-refractivity contribution in [2.45, 2.75) is 26.8 Å². The molecule has 2 heterocycles. The van der Waals surface area contributed by atoms with Gasteiger partial charge in [0.15, 0.2) is 16.9 Å². The molecular formula is C27H32N2O6. The highest BCUT2D eigenvalue weighted by Crippen LogP contribution is 2.41. The van der Waals surface area contributed by atoms with E-state index in [1.807, 2.05) is 19.1 Å². The van der Waals surface area contributed by atoms with Crippen LogP contribution in [0.2, 0.25) is 0 Å². The third-order valence-corrected chi connectivity index (χ3v) is 6.53. The van der Waals surface area contributed by atoms with Crippen LogP contribution in [0.25, 0.3) is 11.0 Å². The average Bonchev–Trinajstić information content (AvgIpc) is 3.16. The van der Waals surface area contributed by atoms with E-state index in [9.17, 15) is 9.59 Å². The Labute approximate surface area is 205 Å². The Hall–Kier alpha value is -3.52. The lowest BCUT2D eigenvalue weighted by molar-refractivity contribution is 0.0708. The molecule has 8 nitrogen and oxygen atoms in total. The molecule has 0 spiro atoms. The molecule has 1 aromatic heterocycles. The van der Waals surface area contributed by atoms with Crippen LogP contribution in [0.3, 0.4) is 0 Å². The highest BCUT2D eigenvalue weighted by molar-refractivity contribution is 5.99. The van der Waals surface area contributed by atoms with E-state index in [1.54, 1.807) is 43.4 Å². The predicted octanol–water partition coefficient (Wildman–Crippen LogP) is 4.10. The van der Waals surface area contributed by atoms with Crippen LogP contribution in [0, 0.1) is 0 Å². The third kappa shape index (κ3) is 4.46. The molecular weight excluding hydrogens is 448 g/mol. The summed E-state index contributed by atoms with van der Waals surface area (Å²) in [6.07, 6.45) is 0. The van der Waals surface area contributed by atoms with Gasteiger partial charge in [0, 0.05) is 19.2 Å². The van der Waals surface area contributed by atoms with E-state index >= 15 is 0 Å². The lowest BCUT2D eigenvalue weighted by Crippen LogP contribution is -2.37. The lowest BCUT2D eigenvalue weighted by atomic mass is 9.98. The smallest absolute Gasteiger partial charge is 0.290 e. The summed E-state index contributed by atoms with van der Waals surface area (Å²) in [4.78, 5) is 31.3. The topological polar surface area (TPSA) is 81.5 Å². The quantitative estimate of drug-likeness (QED) is 0.432. The number of methoxy groups -OCH3 is 2. The highest BCUT2D eigenvalue weighted by atomic mass is 16.5. The van der Waals surface area contributed by atoms with Crippen LogP contribution in [-0.4, -0.2) is 62.7 Å². The number of fused-ring (bicyclic) bond motifs is 2. The molecule has 35 heavy (non-hydrogen) atoms. The highest BCUT2D eigenvalue weighted by Gasteiger charge is 2.43. The van der Waals surface area contributed by atoms with Gasteiger partial charge >= 0.3 is 0 Å². The Kier molecular flexibility index (Phi) is 7.31. The van der Waals surface area contributed by atoms with E-state index in [0.29, 0.717) is 53.5 Å². The van der Waals surface area contributed by atoms with Gasteiger partial charge in [-0.15, -0.1) is 0 Å². The molecule has 0 N–H and O–H groups in total. The van der Waals surface area contributed by atoms with Crippen molar-refractivity contribution in [2.75, 3.05) is 47.0 Å². The number of rotatable bonds is 10. The van der Waals surface area contributed by atoms with Crippen LogP contribution < -0.4 is 19.6 Å². The fraction of sp³-hybridized carbons (Fsp3) is 0.407. The Balaban J connectivity index is 1.88. The van der Waals surface area contributed by atoms with Crippen LogP contribution in [0.15, 0.2) is 45.6 Å².